The van der Waals surface area contributed by atoms with E-state index in [1.54, 1.807) is 31.2 Å². The number of rotatable bonds is 10. The Balaban J connectivity index is 1.75. The Morgan fingerprint density at radius 3 is 2.56 bits per heavy atom. The zero-order valence-corrected chi connectivity index (χ0v) is 18.7. The molecule has 1 aliphatic heterocycles. The molecule has 0 aliphatic carbocycles. The van der Waals surface area contributed by atoms with Crippen LogP contribution in [0.5, 0.6) is 5.75 Å². The van der Waals surface area contributed by atoms with Crippen LogP contribution in [0, 0.1) is 0 Å². The number of nitrogens with zero attached hydrogens (tertiary/aromatic N) is 3. The number of anilines is 1. The van der Waals surface area contributed by atoms with Gasteiger partial charge in [-0.05, 0) is 31.0 Å². The number of carbonyl (C=O) groups is 1. The lowest BCUT2D eigenvalue weighted by atomic mass is 10.0. The Labute approximate surface area is 193 Å². The third kappa shape index (κ3) is 5.86. The highest BCUT2D eigenvalue weighted by Crippen LogP contribution is 2.37. The van der Waals surface area contributed by atoms with Gasteiger partial charge in [-0.1, -0.05) is 12.1 Å². The molecule has 12 heteroatoms. The van der Waals surface area contributed by atoms with Crippen LogP contribution in [0.25, 0.3) is 0 Å². The molecule has 2 heterocycles. The van der Waals surface area contributed by atoms with Crippen molar-refractivity contribution in [1.29, 1.82) is 0 Å². The van der Waals surface area contributed by atoms with Gasteiger partial charge in [-0.2, -0.15) is 18.3 Å². The summed E-state index contributed by atoms with van der Waals surface area (Å²) in [4.78, 5) is 25.6. The monoisotopic (exact) mass is 485 g/mol. The summed E-state index contributed by atoms with van der Waals surface area (Å²) in [6.45, 7) is 1.45. The fraction of sp³-hybridized carbons (Fsp3) is 0.500. The summed E-state index contributed by atoms with van der Waals surface area (Å²) in [5, 5.41) is 13.6. The number of carbonyl (C=O) groups excluding carboxylic acids is 1. The molecule has 2 aromatic rings. The number of halogens is 3. The van der Waals surface area contributed by atoms with E-state index in [0.717, 1.165) is 10.9 Å². The van der Waals surface area contributed by atoms with Crippen LogP contribution in [-0.4, -0.2) is 66.5 Å². The van der Waals surface area contributed by atoms with Gasteiger partial charge >= 0.3 is 12.1 Å². The van der Waals surface area contributed by atoms with Crippen LogP contribution in [0.3, 0.4) is 0 Å². The van der Waals surface area contributed by atoms with Gasteiger partial charge in [0.2, 0.25) is 0 Å². The number of benzene rings is 1. The fourth-order valence-corrected chi connectivity index (χ4v) is 3.53. The van der Waals surface area contributed by atoms with Crippen LogP contribution in [0.2, 0.25) is 0 Å². The van der Waals surface area contributed by atoms with Crippen LogP contribution in [-0.2, 0) is 27.0 Å². The number of aliphatic hydroxyl groups is 1. The van der Waals surface area contributed by atoms with Crippen molar-refractivity contribution in [1.82, 2.24) is 9.78 Å². The molecule has 0 saturated carbocycles. The number of aliphatic hydroxyl groups excluding tert-OH is 1. The van der Waals surface area contributed by atoms with Crippen molar-refractivity contribution < 1.29 is 37.3 Å². The summed E-state index contributed by atoms with van der Waals surface area (Å²) in [7, 11) is 1.49. The minimum atomic E-state index is -4.89. The molecular formula is C22H26F3N3O6. The molecule has 1 N–H and O–H groups in total. The second-order valence-corrected chi connectivity index (χ2v) is 7.65. The molecule has 2 unspecified atom stereocenters. The van der Waals surface area contributed by atoms with Crippen molar-refractivity contribution >= 4 is 11.7 Å². The Bertz CT molecular complexity index is 1040. The van der Waals surface area contributed by atoms with E-state index in [9.17, 15) is 27.9 Å². The van der Waals surface area contributed by atoms with Crippen LogP contribution < -0.4 is 15.2 Å². The maximum atomic E-state index is 13.9. The predicted octanol–water partition coefficient (Wildman–Crippen LogP) is 1.84. The second kappa shape index (κ2) is 10.9. The minimum absolute atomic E-state index is 0.0390. The smallest absolute Gasteiger partial charge is 0.423 e. The second-order valence-electron chi connectivity index (χ2n) is 7.65. The number of ether oxygens (including phenoxy) is 3. The SMILES string of the molecule is CCOC(=O)C(O)COCC1CCN1c1cnn(Cc2ccc(OC)cc2)c(=O)c1C(F)(F)F. The average Bonchev–Trinajstić information content (AvgIpc) is 2.77. The molecule has 3 rings (SSSR count). The third-order valence-corrected chi connectivity index (χ3v) is 5.40. The Hall–Kier alpha value is -3.12. The van der Waals surface area contributed by atoms with E-state index in [0.29, 0.717) is 17.7 Å². The standard InChI is InChI=1S/C22H26F3N3O6/c1-3-34-21(31)18(29)13-33-12-15-8-9-27(15)17-10-26-28(20(30)19(17)22(23,24)25)11-14-4-6-16(32-2)7-5-14/h4-7,10,15,18,29H,3,8-9,11-13H2,1-2H3. The van der Waals surface area contributed by atoms with Gasteiger partial charge in [0.25, 0.3) is 5.56 Å². The zero-order valence-electron chi connectivity index (χ0n) is 18.7. The van der Waals surface area contributed by atoms with Crippen LogP contribution in [0.15, 0.2) is 35.3 Å². The highest BCUT2D eigenvalue weighted by Gasteiger charge is 2.42. The van der Waals surface area contributed by atoms with Gasteiger partial charge in [0.15, 0.2) is 6.10 Å². The number of aromatic nitrogens is 2. The summed E-state index contributed by atoms with van der Waals surface area (Å²) in [5.74, 6) is -0.256. The molecular weight excluding hydrogens is 459 g/mol. The minimum Gasteiger partial charge on any atom is -0.497 e. The lowest BCUT2D eigenvalue weighted by Gasteiger charge is -2.43. The molecule has 2 atom stereocenters. The predicted molar refractivity (Wildman–Crippen MR) is 115 cm³/mol. The van der Waals surface area contributed by atoms with Crippen molar-refractivity contribution in [3.63, 3.8) is 0 Å². The van der Waals surface area contributed by atoms with Gasteiger partial charge in [-0.3, -0.25) is 4.79 Å². The van der Waals surface area contributed by atoms with Crippen molar-refractivity contribution in [2.75, 3.05) is 38.4 Å². The number of hydrogen-bond donors (Lipinski definition) is 1. The van der Waals surface area contributed by atoms with Crippen molar-refractivity contribution in [3.8, 4) is 5.75 Å². The van der Waals surface area contributed by atoms with Gasteiger partial charge in [0, 0.05) is 6.54 Å². The molecule has 0 amide bonds. The molecule has 186 valence electrons. The quantitative estimate of drug-likeness (QED) is 0.509. The Morgan fingerprint density at radius 2 is 2.00 bits per heavy atom. The first kappa shape index (κ1) is 25.5. The average molecular weight is 485 g/mol. The Morgan fingerprint density at radius 1 is 1.29 bits per heavy atom. The molecule has 0 radical (unpaired) electrons. The largest absolute Gasteiger partial charge is 0.497 e. The number of alkyl halides is 3. The van der Waals surface area contributed by atoms with Crippen molar-refractivity contribution in [3.05, 3.63) is 51.9 Å². The molecule has 1 saturated heterocycles. The normalized spacial score (nSPS) is 16.6. The fourth-order valence-electron chi connectivity index (χ4n) is 3.53. The van der Waals surface area contributed by atoms with Gasteiger partial charge in [-0.25, -0.2) is 9.48 Å². The van der Waals surface area contributed by atoms with Gasteiger partial charge in [0.1, 0.15) is 11.3 Å². The summed E-state index contributed by atoms with van der Waals surface area (Å²) in [5.41, 5.74) is -2.28. The summed E-state index contributed by atoms with van der Waals surface area (Å²) in [6, 6.07) is 6.10. The first-order chi connectivity index (χ1) is 16.2. The highest BCUT2D eigenvalue weighted by atomic mass is 19.4. The van der Waals surface area contributed by atoms with Crippen LogP contribution >= 0.6 is 0 Å². The van der Waals surface area contributed by atoms with E-state index in [2.05, 4.69) is 9.84 Å². The summed E-state index contributed by atoms with van der Waals surface area (Å²) >= 11 is 0. The van der Waals surface area contributed by atoms with E-state index < -0.39 is 35.4 Å². The lowest BCUT2D eigenvalue weighted by molar-refractivity contribution is -0.156. The number of hydrogen-bond acceptors (Lipinski definition) is 8. The topological polar surface area (TPSA) is 103 Å². The van der Waals surface area contributed by atoms with Gasteiger partial charge < -0.3 is 24.2 Å². The molecule has 0 bridgehead atoms. The van der Waals surface area contributed by atoms with Gasteiger partial charge in [-0.15, -0.1) is 0 Å². The summed E-state index contributed by atoms with van der Waals surface area (Å²) in [6.07, 6.45) is -4.82. The highest BCUT2D eigenvalue weighted by molar-refractivity contribution is 5.74. The first-order valence-corrected chi connectivity index (χ1v) is 10.6. The Kier molecular flexibility index (Phi) is 8.15. The van der Waals surface area contributed by atoms with Crippen LogP contribution in [0.1, 0.15) is 24.5 Å². The molecule has 9 nitrogen and oxygen atoms in total. The van der Waals surface area contributed by atoms with Crippen molar-refractivity contribution in [2.45, 2.75) is 38.2 Å². The molecule has 34 heavy (non-hydrogen) atoms. The third-order valence-electron chi connectivity index (χ3n) is 5.40. The molecule has 1 aromatic heterocycles. The molecule has 1 aromatic carbocycles. The number of esters is 1. The van der Waals surface area contributed by atoms with Gasteiger partial charge in [0.05, 0.1) is 51.4 Å². The first-order valence-electron chi connectivity index (χ1n) is 10.6. The zero-order chi connectivity index (χ0) is 24.9. The van der Waals surface area contributed by atoms with Crippen LogP contribution in [0.4, 0.5) is 18.9 Å². The van der Waals surface area contributed by atoms with E-state index >= 15 is 0 Å². The molecule has 1 fully saturated rings. The van der Waals surface area contributed by atoms with E-state index in [-0.39, 0.29) is 38.6 Å². The van der Waals surface area contributed by atoms with E-state index in [1.165, 1.54) is 12.0 Å². The van der Waals surface area contributed by atoms with E-state index in [4.69, 9.17) is 9.47 Å². The summed E-state index contributed by atoms with van der Waals surface area (Å²) < 4.78 is 57.5. The maximum absolute atomic E-state index is 13.9. The maximum Gasteiger partial charge on any atom is 0.423 e. The molecule has 1 aliphatic rings. The van der Waals surface area contributed by atoms with Crippen molar-refractivity contribution in [2.24, 2.45) is 0 Å². The lowest BCUT2D eigenvalue weighted by Crippen LogP contribution is -2.52. The molecule has 0 spiro atoms. The van der Waals surface area contributed by atoms with E-state index in [1.807, 2.05) is 0 Å². The number of methoxy groups -OCH3 is 1.